The topological polar surface area (TPSA) is 88.9 Å². The molecule has 120 valence electrons. The third-order valence-corrected chi connectivity index (χ3v) is 4.81. The van der Waals surface area contributed by atoms with Gasteiger partial charge < -0.3 is 20.2 Å². The first kappa shape index (κ1) is 16.3. The van der Waals surface area contributed by atoms with E-state index in [1.807, 2.05) is 6.92 Å². The van der Waals surface area contributed by atoms with Crippen molar-refractivity contribution in [3.05, 3.63) is 11.4 Å². The molecule has 0 radical (unpaired) electrons. The molecule has 2 amide bonds. The van der Waals surface area contributed by atoms with Gasteiger partial charge >= 0.3 is 11.9 Å². The highest BCUT2D eigenvalue weighted by Crippen LogP contribution is 2.52. The summed E-state index contributed by atoms with van der Waals surface area (Å²) in [6.45, 7) is 10.2. The Hall–Kier alpha value is -2.10. The fourth-order valence-corrected chi connectivity index (χ4v) is 3.73. The molecule has 1 aliphatic carbocycles. The minimum absolute atomic E-state index is 0.204. The highest BCUT2D eigenvalue weighted by Gasteiger charge is 2.65. The van der Waals surface area contributed by atoms with Crippen molar-refractivity contribution < 1.29 is 19.1 Å². The van der Waals surface area contributed by atoms with Gasteiger partial charge in [-0.3, -0.25) is 14.4 Å². The second kappa shape index (κ2) is 5.95. The maximum atomic E-state index is 12.4. The molecule has 1 unspecified atom stereocenters. The summed E-state index contributed by atoms with van der Waals surface area (Å²) >= 11 is 0. The summed E-state index contributed by atoms with van der Waals surface area (Å²) in [5.74, 6) is -2.33. The number of hydrogen-bond acceptors (Lipinski definition) is 4. The van der Waals surface area contributed by atoms with Gasteiger partial charge in [0.2, 0.25) is 5.91 Å². The van der Waals surface area contributed by atoms with Crippen LogP contribution in [0.1, 0.15) is 39.5 Å². The summed E-state index contributed by atoms with van der Waals surface area (Å²) in [7, 11) is 0. The maximum Gasteiger partial charge on any atom is 0.319 e. The molecule has 1 saturated carbocycles. The number of fused-ring (bicyclic) bond motifs is 1. The van der Waals surface area contributed by atoms with Crippen molar-refractivity contribution in [2.45, 2.75) is 45.2 Å². The van der Waals surface area contributed by atoms with E-state index in [4.69, 9.17) is 11.3 Å². The van der Waals surface area contributed by atoms with E-state index in [0.29, 0.717) is 12.8 Å². The van der Waals surface area contributed by atoms with Crippen molar-refractivity contribution >= 4 is 17.8 Å². The van der Waals surface area contributed by atoms with Gasteiger partial charge in [-0.25, -0.2) is 6.57 Å². The standard InChI is InChI=1S/C15H21N3O4/c1-4-22-13(21)11-12(20)18-15(17-10(19)9-16-3)8-6-5-7-14(11,15)2/h11H,4-9H2,1-2H3,(H,17,19)(H,18,20)/t11?,14-,15-/m0/s1. The lowest BCUT2D eigenvalue weighted by atomic mass is 9.63. The Kier molecular flexibility index (Phi) is 4.40. The zero-order valence-corrected chi connectivity index (χ0v) is 12.9. The quantitative estimate of drug-likeness (QED) is 0.452. The fourth-order valence-electron chi connectivity index (χ4n) is 3.73. The lowest BCUT2D eigenvalue weighted by Gasteiger charge is -2.47. The van der Waals surface area contributed by atoms with Crippen LogP contribution in [0.3, 0.4) is 0 Å². The van der Waals surface area contributed by atoms with Crippen LogP contribution in [0.2, 0.25) is 0 Å². The summed E-state index contributed by atoms with van der Waals surface area (Å²) < 4.78 is 5.05. The van der Waals surface area contributed by atoms with Crippen molar-refractivity contribution in [2.75, 3.05) is 13.2 Å². The molecular formula is C15H21N3O4. The summed E-state index contributed by atoms with van der Waals surface area (Å²) in [4.78, 5) is 39.6. The normalized spacial score (nSPS) is 33.3. The predicted molar refractivity (Wildman–Crippen MR) is 77.2 cm³/mol. The Morgan fingerprint density at radius 3 is 2.77 bits per heavy atom. The molecule has 7 nitrogen and oxygen atoms in total. The second-order valence-electron chi connectivity index (χ2n) is 6.07. The smallest absolute Gasteiger partial charge is 0.319 e. The fraction of sp³-hybridized carbons (Fsp3) is 0.733. The van der Waals surface area contributed by atoms with E-state index in [-0.39, 0.29) is 13.2 Å². The number of nitrogens with one attached hydrogen (secondary N) is 2. The average Bonchev–Trinajstić information content (AvgIpc) is 2.65. The highest BCUT2D eigenvalue weighted by atomic mass is 16.5. The summed E-state index contributed by atoms with van der Waals surface area (Å²) in [6, 6.07) is 0. The van der Waals surface area contributed by atoms with Gasteiger partial charge in [-0.2, -0.15) is 0 Å². The van der Waals surface area contributed by atoms with Gasteiger partial charge in [0.05, 0.1) is 6.61 Å². The molecule has 7 heteroatoms. The molecule has 1 heterocycles. The molecule has 0 aromatic heterocycles. The molecule has 3 atom stereocenters. The van der Waals surface area contributed by atoms with Crippen LogP contribution in [-0.2, 0) is 19.1 Å². The Labute approximate surface area is 129 Å². The number of esters is 1. The van der Waals surface area contributed by atoms with Crippen LogP contribution in [0.5, 0.6) is 0 Å². The number of carbonyl (C=O) groups excluding carboxylic acids is 3. The van der Waals surface area contributed by atoms with Crippen LogP contribution in [0.15, 0.2) is 0 Å². The zero-order chi connectivity index (χ0) is 16.4. The lowest BCUT2D eigenvalue weighted by Crippen LogP contribution is -2.65. The van der Waals surface area contributed by atoms with Crippen LogP contribution in [0.4, 0.5) is 0 Å². The minimum Gasteiger partial charge on any atom is -0.465 e. The molecule has 0 aromatic carbocycles. The minimum atomic E-state index is -0.971. The van der Waals surface area contributed by atoms with E-state index in [9.17, 15) is 14.4 Å². The molecule has 0 spiro atoms. The Balaban J connectivity index is 2.35. The van der Waals surface area contributed by atoms with Crippen LogP contribution < -0.4 is 10.6 Å². The van der Waals surface area contributed by atoms with Crippen LogP contribution in [0, 0.1) is 17.9 Å². The van der Waals surface area contributed by atoms with Gasteiger partial charge in [-0.15, -0.1) is 0 Å². The van der Waals surface area contributed by atoms with E-state index in [0.717, 1.165) is 12.8 Å². The first-order chi connectivity index (χ1) is 10.4. The number of amides is 2. The first-order valence-electron chi connectivity index (χ1n) is 7.53. The van der Waals surface area contributed by atoms with E-state index in [2.05, 4.69) is 15.5 Å². The number of rotatable bonds is 4. The summed E-state index contributed by atoms with van der Waals surface area (Å²) in [5, 5.41) is 5.61. The monoisotopic (exact) mass is 307 g/mol. The molecule has 0 aromatic rings. The molecule has 2 rings (SSSR count). The Morgan fingerprint density at radius 2 is 2.14 bits per heavy atom. The van der Waals surface area contributed by atoms with Crippen LogP contribution >= 0.6 is 0 Å². The van der Waals surface area contributed by atoms with Crippen molar-refractivity contribution in [2.24, 2.45) is 11.3 Å². The van der Waals surface area contributed by atoms with Crippen molar-refractivity contribution in [1.29, 1.82) is 0 Å². The SMILES string of the molecule is [C-]#[N+]CC(=O)N[C@]12CCCC[C@@]1(C)C(C(=O)OCC)C(=O)N2. The molecular weight excluding hydrogens is 286 g/mol. The molecule has 2 N–H and O–H groups in total. The average molecular weight is 307 g/mol. The number of ether oxygens (including phenoxy) is 1. The maximum absolute atomic E-state index is 12.4. The molecule has 2 fully saturated rings. The zero-order valence-electron chi connectivity index (χ0n) is 12.9. The van der Waals surface area contributed by atoms with E-state index >= 15 is 0 Å². The lowest BCUT2D eigenvalue weighted by molar-refractivity contribution is -0.156. The largest absolute Gasteiger partial charge is 0.465 e. The predicted octanol–water partition coefficient (Wildman–Crippen LogP) is 0.608. The van der Waals surface area contributed by atoms with Crippen LogP contribution in [0.25, 0.3) is 4.85 Å². The van der Waals surface area contributed by atoms with Gasteiger partial charge in [-0.05, 0) is 26.2 Å². The van der Waals surface area contributed by atoms with Crippen molar-refractivity contribution in [1.82, 2.24) is 10.6 Å². The van der Waals surface area contributed by atoms with Crippen molar-refractivity contribution in [3.63, 3.8) is 0 Å². The highest BCUT2D eigenvalue weighted by molar-refractivity contribution is 6.02. The summed E-state index contributed by atoms with van der Waals surface area (Å²) in [6.07, 6.45) is 2.90. The third-order valence-electron chi connectivity index (χ3n) is 4.81. The van der Waals surface area contributed by atoms with Crippen LogP contribution in [-0.4, -0.2) is 36.6 Å². The van der Waals surface area contributed by atoms with Gasteiger partial charge in [0, 0.05) is 5.41 Å². The molecule has 2 aliphatic rings. The van der Waals surface area contributed by atoms with Gasteiger partial charge in [-0.1, -0.05) is 13.3 Å². The van der Waals surface area contributed by atoms with E-state index in [1.165, 1.54) is 0 Å². The molecule has 22 heavy (non-hydrogen) atoms. The third kappa shape index (κ3) is 2.43. The molecule has 1 aliphatic heterocycles. The van der Waals surface area contributed by atoms with E-state index < -0.39 is 34.8 Å². The molecule has 0 bridgehead atoms. The van der Waals surface area contributed by atoms with Gasteiger partial charge in [0.1, 0.15) is 11.6 Å². The molecule has 1 saturated heterocycles. The van der Waals surface area contributed by atoms with Crippen molar-refractivity contribution in [3.8, 4) is 0 Å². The first-order valence-corrected chi connectivity index (χ1v) is 7.53. The summed E-state index contributed by atoms with van der Waals surface area (Å²) in [5.41, 5.74) is -1.71. The number of nitrogens with zero attached hydrogens (tertiary/aromatic N) is 1. The second-order valence-corrected chi connectivity index (χ2v) is 6.07. The van der Waals surface area contributed by atoms with Gasteiger partial charge in [0.25, 0.3) is 6.54 Å². The van der Waals surface area contributed by atoms with E-state index in [1.54, 1.807) is 6.92 Å². The number of carbonyl (C=O) groups is 3. The number of hydrogen-bond donors (Lipinski definition) is 2. The Bertz CT molecular complexity index is 541. The Morgan fingerprint density at radius 1 is 1.45 bits per heavy atom. The van der Waals surface area contributed by atoms with Gasteiger partial charge in [0.15, 0.2) is 0 Å².